The third-order valence-corrected chi connectivity index (χ3v) is 4.64. The highest BCUT2D eigenvalue weighted by Gasteiger charge is 2.39. The van der Waals surface area contributed by atoms with E-state index in [0.717, 1.165) is 0 Å². The molecule has 3 rings (SSSR count). The number of hydrogen-bond donors (Lipinski definition) is 2. The molecule has 1 unspecified atom stereocenters. The number of hydrogen-bond acceptors (Lipinski definition) is 6. The maximum atomic E-state index is 12.5. The number of nitrogens with zero attached hydrogens (tertiary/aromatic N) is 1. The Morgan fingerprint density at radius 2 is 2.21 bits per heavy atom. The lowest BCUT2D eigenvalue weighted by Gasteiger charge is -2.31. The van der Waals surface area contributed by atoms with Crippen LogP contribution < -0.4 is 10.5 Å². The molecule has 1 heterocycles. The summed E-state index contributed by atoms with van der Waals surface area (Å²) in [7, 11) is 1.41. The van der Waals surface area contributed by atoms with Gasteiger partial charge in [0, 0.05) is 18.4 Å². The fourth-order valence-electron chi connectivity index (χ4n) is 3.12. The Labute approximate surface area is 143 Å². The highest BCUT2D eigenvalue weighted by molar-refractivity contribution is 6.33. The van der Waals surface area contributed by atoms with Crippen molar-refractivity contribution in [1.82, 2.24) is 0 Å². The molecule has 0 bridgehead atoms. The first-order valence-corrected chi connectivity index (χ1v) is 7.76. The smallest absolute Gasteiger partial charge is 0.205 e. The van der Waals surface area contributed by atoms with Crippen molar-refractivity contribution in [3.05, 3.63) is 45.5 Å². The third kappa shape index (κ3) is 2.38. The van der Waals surface area contributed by atoms with E-state index in [9.17, 15) is 15.2 Å². The number of methoxy groups -OCH3 is 1. The fourth-order valence-corrected chi connectivity index (χ4v) is 3.38. The largest absolute Gasteiger partial charge is 0.503 e. The number of phenols is 1. The summed E-state index contributed by atoms with van der Waals surface area (Å²) < 4.78 is 10.5. The molecule has 1 aromatic carbocycles. The van der Waals surface area contributed by atoms with Crippen molar-refractivity contribution in [2.75, 3.05) is 7.11 Å². The van der Waals surface area contributed by atoms with Gasteiger partial charge >= 0.3 is 0 Å². The van der Waals surface area contributed by atoms with Crippen molar-refractivity contribution < 1.29 is 19.4 Å². The number of rotatable bonds is 2. The zero-order valence-corrected chi connectivity index (χ0v) is 13.7. The number of Topliss-reactive ketones (excluding diaryl/α,β-unsaturated/α-hetero) is 1. The van der Waals surface area contributed by atoms with Gasteiger partial charge in [0.2, 0.25) is 5.88 Å². The summed E-state index contributed by atoms with van der Waals surface area (Å²) in [4.78, 5) is 12.5. The Morgan fingerprint density at radius 3 is 2.88 bits per heavy atom. The van der Waals surface area contributed by atoms with Gasteiger partial charge in [-0.1, -0.05) is 17.7 Å². The Morgan fingerprint density at radius 1 is 1.46 bits per heavy atom. The van der Waals surface area contributed by atoms with Crippen LogP contribution in [0.25, 0.3) is 0 Å². The molecule has 0 amide bonds. The van der Waals surface area contributed by atoms with Crippen LogP contribution in [0.3, 0.4) is 0 Å². The molecule has 3 N–H and O–H groups in total. The van der Waals surface area contributed by atoms with E-state index < -0.39 is 5.92 Å². The van der Waals surface area contributed by atoms with Gasteiger partial charge in [-0.2, -0.15) is 5.26 Å². The van der Waals surface area contributed by atoms with Gasteiger partial charge in [-0.05, 0) is 18.1 Å². The van der Waals surface area contributed by atoms with Crippen molar-refractivity contribution in [1.29, 1.82) is 5.26 Å². The van der Waals surface area contributed by atoms with Gasteiger partial charge in [0.1, 0.15) is 17.4 Å². The molecule has 0 radical (unpaired) electrons. The van der Waals surface area contributed by atoms with Crippen molar-refractivity contribution in [3.63, 3.8) is 0 Å². The van der Waals surface area contributed by atoms with E-state index in [4.69, 9.17) is 26.8 Å². The van der Waals surface area contributed by atoms with E-state index in [1.807, 2.05) is 6.07 Å². The van der Waals surface area contributed by atoms with Gasteiger partial charge in [0.15, 0.2) is 17.3 Å². The average molecular weight is 347 g/mol. The maximum Gasteiger partial charge on any atom is 0.205 e. The van der Waals surface area contributed by atoms with Crippen LogP contribution in [0.15, 0.2) is 34.9 Å². The van der Waals surface area contributed by atoms with Crippen LogP contribution in [0.2, 0.25) is 5.02 Å². The molecule has 1 atom stereocenters. The number of carbonyl (C=O) groups excluding carboxylic acids is 1. The minimum Gasteiger partial charge on any atom is -0.503 e. The molecule has 0 spiro atoms. The molecule has 24 heavy (non-hydrogen) atoms. The number of ketones is 1. The zero-order chi connectivity index (χ0) is 17.4. The number of nitriles is 1. The Hall–Kier alpha value is -2.65. The van der Waals surface area contributed by atoms with E-state index in [2.05, 4.69) is 0 Å². The average Bonchev–Trinajstić information content (AvgIpc) is 2.56. The number of nitrogens with two attached hydrogens (primary N) is 1. The molecule has 1 aromatic rings. The third-order valence-electron chi connectivity index (χ3n) is 4.24. The Bertz CT molecular complexity index is 836. The highest BCUT2D eigenvalue weighted by Crippen LogP contribution is 2.48. The number of phenolic OH excluding ortho intramolecular Hbond substituents is 1. The van der Waals surface area contributed by atoms with E-state index in [1.54, 1.807) is 6.07 Å². The number of halogens is 1. The summed E-state index contributed by atoms with van der Waals surface area (Å²) in [6.07, 6.45) is 1.61. The lowest BCUT2D eigenvalue weighted by Crippen LogP contribution is -2.27. The molecule has 0 fully saturated rings. The van der Waals surface area contributed by atoms with Gasteiger partial charge < -0.3 is 20.3 Å². The van der Waals surface area contributed by atoms with E-state index in [-0.39, 0.29) is 33.8 Å². The van der Waals surface area contributed by atoms with Crippen molar-refractivity contribution in [2.45, 2.75) is 25.2 Å². The normalized spacial score (nSPS) is 20.4. The molecule has 124 valence electrons. The van der Waals surface area contributed by atoms with Gasteiger partial charge in [0.05, 0.1) is 18.1 Å². The van der Waals surface area contributed by atoms with Crippen molar-refractivity contribution >= 4 is 17.4 Å². The molecule has 7 heteroatoms. The predicted molar refractivity (Wildman–Crippen MR) is 86.2 cm³/mol. The standard InChI is InChI=1S/C17H15ClN2O4/c1-23-12-6-5-8(15(18)16(12)22)13-9(7-19)17(20)24-11-4-2-3-10(21)14(11)13/h5-6,13,22H,2-4,20H2,1H3. The van der Waals surface area contributed by atoms with E-state index in [0.29, 0.717) is 36.2 Å². The molecule has 2 aliphatic rings. The Kier molecular flexibility index (Phi) is 4.12. The van der Waals surface area contributed by atoms with Crippen LogP contribution in [0.5, 0.6) is 11.5 Å². The van der Waals surface area contributed by atoms with Crippen LogP contribution in [-0.4, -0.2) is 18.0 Å². The van der Waals surface area contributed by atoms with Gasteiger partial charge in [-0.3, -0.25) is 4.79 Å². The molecular formula is C17H15ClN2O4. The van der Waals surface area contributed by atoms with Gasteiger partial charge in [-0.15, -0.1) is 0 Å². The number of allylic oxidation sites excluding steroid dienone is 3. The maximum absolute atomic E-state index is 12.5. The van der Waals surface area contributed by atoms with Gasteiger partial charge in [-0.25, -0.2) is 0 Å². The minimum atomic E-state index is -0.754. The molecule has 0 saturated carbocycles. The molecular weight excluding hydrogens is 332 g/mol. The van der Waals surface area contributed by atoms with E-state index >= 15 is 0 Å². The highest BCUT2D eigenvalue weighted by atomic mass is 35.5. The molecule has 0 saturated heterocycles. The number of ether oxygens (including phenoxy) is 2. The Balaban J connectivity index is 2.24. The SMILES string of the molecule is COc1ccc(C2C(C#N)=C(N)OC3=C2C(=O)CCC3)c(Cl)c1O. The lowest BCUT2D eigenvalue weighted by molar-refractivity contribution is -0.116. The first-order valence-electron chi connectivity index (χ1n) is 7.38. The summed E-state index contributed by atoms with van der Waals surface area (Å²) in [5, 5.41) is 19.7. The number of benzene rings is 1. The summed E-state index contributed by atoms with van der Waals surface area (Å²) in [6.45, 7) is 0. The second-order valence-corrected chi connectivity index (χ2v) is 5.94. The topological polar surface area (TPSA) is 106 Å². The lowest BCUT2D eigenvalue weighted by atomic mass is 9.77. The second kappa shape index (κ2) is 6.10. The fraction of sp³-hybridized carbons (Fsp3) is 0.294. The summed E-state index contributed by atoms with van der Waals surface area (Å²) >= 11 is 6.28. The number of aromatic hydroxyl groups is 1. The quantitative estimate of drug-likeness (QED) is 0.852. The van der Waals surface area contributed by atoms with Crippen LogP contribution in [0, 0.1) is 11.3 Å². The second-order valence-electron chi connectivity index (χ2n) is 5.56. The van der Waals surface area contributed by atoms with Gasteiger partial charge in [0.25, 0.3) is 0 Å². The molecule has 1 aliphatic heterocycles. The summed E-state index contributed by atoms with van der Waals surface area (Å²) in [6, 6.07) is 5.15. The van der Waals surface area contributed by atoms with Crippen molar-refractivity contribution in [2.24, 2.45) is 5.73 Å². The molecule has 1 aliphatic carbocycles. The first kappa shape index (κ1) is 16.2. The summed E-state index contributed by atoms with van der Waals surface area (Å²) in [5.41, 5.74) is 6.78. The molecule has 6 nitrogen and oxygen atoms in total. The van der Waals surface area contributed by atoms with Crippen LogP contribution in [0.1, 0.15) is 30.7 Å². The molecule has 0 aromatic heterocycles. The summed E-state index contributed by atoms with van der Waals surface area (Å²) in [5.74, 6) is -0.468. The van der Waals surface area contributed by atoms with Crippen LogP contribution in [0.4, 0.5) is 0 Å². The zero-order valence-electron chi connectivity index (χ0n) is 12.9. The number of carbonyl (C=O) groups is 1. The monoisotopic (exact) mass is 346 g/mol. The van der Waals surface area contributed by atoms with Crippen LogP contribution in [-0.2, 0) is 9.53 Å². The first-order chi connectivity index (χ1) is 11.5. The van der Waals surface area contributed by atoms with Crippen LogP contribution >= 0.6 is 11.6 Å². The van der Waals surface area contributed by atoms with E-state index in [1.165, 1.54) is 13.2 Å². The van der Waals surface area contributed by atoms with Crippen molar-refractivity contribution in [3.8, 4) is 17.6 Å². The predicted octanol–water partition coefficient (Wildman–Crippen LogP) is 2.87. The minimum absolute atomic E-state index is 0.0204.